The lowest BCUT2D eigenvalue weighted by molar-refractivity contribution is -0.145. The monoisotopic (exact) mass is 286 g/mol. The first-order valence-electron chi connectivity index (χ1n) is 6.78. The summed E-state index contributed by atoms with van der Waals surface area (Å²) in [7, 11) is 1.26. The van der Waals surface area contributed by atoms with Crippen LogP contribution in [0.3, 0.4) is 0 Å². The second-order valence-electron chi connectivity index (χ2n) is 6.46. The molecule has 2 unspecified atom stereocenters. The molecule has 0 heterocycles. The molecule has 0 aromatic carbocycles. The molecule has 4 rings (SSSR count). The maximum absolute atomic E-state index is 12.4. The second kappa shape index (κ2) is 4.27. The number of ether oxygens (including phenoxy) is 1. The maximum Gasteiger partial charge on any atom is 0.425 e. The fourth-order valence-corrected chi connectivity index (χ4v) is 5.40. The molecule has 4 fully saturated rings. The molecule has 0 spiro atoms. The SMILES string of the molecule is COC(=O)NNC(=O)C12CC3CC(CC(Cl)(C3)C1)C2. The lowest BCUT2D eigenvalue weighted by atomic mass is 9.49. The Bertz CT molecular complexity index is 412. The Kier molecular flexibility index (Phi) is 2.93. The van der Waals surface area contributed by atoms with Crippen LogP contribution in [0.15, 0.2) is 0 Å². The van der Waals surface area contributed by atoms with E-state index in [1.165, 1.54) is 13.5 Å². The fourth-order valence-electron chi connectivity index (χ4n) is 4.71. The highest BCUT2D eigenvalue weighted by Crippen LogP contribution is 2.63. The summed E-state index contributed by atoms with van der Waals surface area (Å²) in [4.78, 5) is 23.2. The molecule has 0 aromatic heterocycles. The largest absolute Gasteiger partial charge is 0.452 e. The lowest BCUT2D eigenvalue weighted by Gasteiger charge is -2.58. The number of carbonyl (C=O) groups is 2. The Hall–Kier alpha value is -0.970. The number of hydrogen-bond donors (Lipinski definition) is 2. The molecule has 0 aliphatic heterocycles. The van der Waals surface area contributed by atoms with Crippen LogP contribution >= 0.6 is 11.6 Å². The Labute approximate surface area is 117 Å². The number of carbonyl (C=O) groups excluding carboxylic acids is 2. The van der Waals surface area contributed by atoms with Gasteiger partial charge in [0.25, 0.3) is 0 Å². The molecule has 0 saturated heterocycles. The van der Waals surface area contributed by atoms with Crippen LogP contribution in [0.5, 0.6) is 0 Å². The summed E-state index contributed by atoms with van der Waals surface area (Å²) in [6, 6.07) is 0. The van der Waals surface area contributed by atoms with Crippen LogP contribution in [0.4, 0.5) is 4.79 Å². The van der Waals surface area contributed by atoms with Gasteiger partial charge in [-0.2, -0.15) is 0 Å². The third kappa shape index (κ3) is 2.18. The number of nitrogens with one attached hydrogen (secondary N) is 2. The number of methoxy groups -OCH3 is 1. The zero-order chi connectivity index (χ0) is 13.7. The molecule has 2 N–H and O–H groups in total. The minimum Gasteiger partial charge on any atom is -0.452 e. The van der Waals surface area contributed by atoms with Crippen molar-refractivity contribution in [2.45, 2.75) is 43.4 Å². The summed E-state index contributed by atoms with van der Waals surface area (Å²) in [5, 5.41) is 0. The Balaban J connectivity index is 1.73. The van der Waals surface area contributed by atoms with Crippen molar-refractivity contribution in [1.29, 1.82) is 0 Å². The van der Waals surface area contributed by atoms with Crippen molar-refractivity contribution in [3.8, 4) is 0 Å². The normalized spacial score (nSPS) is 42.8. The molecule has 106 valence electrons. The molecule has 5 nitrogen and oxygen atoms in total. The molecule has 4 saturated carbocycles. The number of alkyl halides is 1. The van der Waals surface area contributed by atoms with Gasteiger partial charge < -0.3 is 4.74 Å². The number of rotatable bonds is 1. The van der Waals surface area contributed by atoms with Crippen LogP contribution in [0.2, 0.25) is 0 Å². The lowest BCUT2D eigenvalue weighted by Crippen LogP contribution is -2.60. The third-order valence-corrected chi connectivity index (χ3v) is 5.38. The summed E-state index contributed by atoms with van der Waals surface area (Å²) in [5.74, 6) is 1.00. The molecular formula is C13H19ClN2O3. The van der Waals surface area contributed by atoms with E-state index in [0.717, 1.165) is 32.1 Å². The summed E-state index contributed by atoms with van der Waals surface area (Å²) >= 11 is 6.66. The molecule has 0 aromatic rings. The molecule has 0 radical (unpaired) electrons. The predicted octanol–water partition coefficient (Wildman–Crippen LogP) is 1.95. The highest BCUT2D eigenvalue weighted by molar-refractivity contribution is 6.24. The summed E-state index contributed by atoms with van der Waals surface area (Å²) in [6.45, 7) is 0. The highest BCUT2D eigenvalue weighted by Gasteiger charge is 2.60. The number of hydrazine groups is 1. The topological polar surface area (TPSA) is 67.4 Å². The summed E-state index contributed by atoms with van der Waals surface area (Å²) in [6.07, 6.45) is 5.13. The van der Waals surface area contributed by atoms with Crippen LogP contribution < -0.4 is 10.9 Å². The van der Waals surface area contributed by atoms with Crippen LogP contribution in [-0.2, 0) is 9.53 Å². The predicted molar refractivity (Wildman–Crippen MR) is 69.4 cm³/mol. The van der Waals surface area contributed by atoms with Gasteiger partial charge in [0.1, 0.15) is 0 Å². The van der Waals surface area contributed by atoms with Gasteiger partial charge in [0.15, 0.2) is 0 Å². The minimum absolute atomic E-state index is 0.114. The van der Waals surface area contributed by atoms with Gasteiger partial charge in [-0.25, -0.2) is 10.2 Å². The van der Waals surface area contributed by atoms with E-state index >= 15 is 0 Å². The summed E-state index contributed by atoms with van der Waals surface area (Å²) < 4.78 is 4.45. The van der Waals surface area contributed by atoms with Gasteiger partial charge in [0.05, 0.1) is 12.5 Å². The van der Waals surface area contributed by atoms with E-state index in [4.69, 9.17) is 11.6 Å². The van der Waals surface area contributed by atoms with Crippen molar-refractivity contribution in [1.82, 2.24) is 10.9 Å². The highest BCUT2D eigenvalue weighted by atomic mass is 35.5. The van der Waals surface area contributed by atoms with Crippen molar-refractivity contribution in [2.75, 3.05) is 7.11 Å². The zero-order valence-corrected chi connectivity index (χ0v) is 11.8. The smallest absolute Gasteiger partial charge is 0.425 e. The van der Waals surface area contributed by atoms with Crippen LogP contribution in [-0.4, -0.2) is 24.0 Å². The molecule has 2 atom stereocenters. The first-order chi connectivity index (χ1) is 8.95. The first kappa shape index (κ1) is 13.0. The van der Waals surface area contributed by atoms with Gasteiger partial charge in [0.2, 0.25) is 5.91 Å². The van der Waals surface area contributed by atoms with Crippen molar-refractivity contribution < 1.29 is 14.3 Å². The molecular weight excluding hydrogens is 268 g/mol. The van der Waals surface area contributed by atoms with Crippen molar-refractivity contribution >= 4 is 23.6 Å². The van der Waals surface area contributed by atoms with Gasteiger partial charge in [-0.1, -0.05) is 0 Å². The van der Waals surface area contributed by atoms with E-state index in [9.17, 15) is 9.59 Å². The Morgan fingerprint density at radius 2 is 1.79 bits per heavy atom. The van der Waals surface area contributed by atoms with E-state index in [1.807, 2.05) is 0 Å². The number of amides is 2. The van der Waals surface area contributed by atoms with E-state index in [1.54, 1.807) is 0 Å². The van der Waals surface area contributed by atoms with E-state index in [-0.39, 0.29) is 10.8 Å². The van der Waals surface area contributed by atoms with E-state index < -0.39 is 11.5 Å². The quantitative estimate of drug-likeness (QED) is 0.572. The number of halogens is 1. The van der Waals surface area contributed by atoms with E-state index in [0.29, 0.717) is 11.8 Å². The third-order valence-electron chi connectivity index (χ3n) is 4.93. The maximum atomic E-state index is 12.4. The Morgan fingerprint density at radius 1 is 1.16 bits per heavy atom. The van der Waals surface area contributed by atoms with Crippen LogP contribution in [0.1, 0.15) is 38.5 Å². The van der Waals surface area contributed by atoms with Gasteiger partial charge in [-0.3, -0.25) is 10.2 Å². The zero-order valence-electron chi connectivity index (χ0n) is 11.0. The minimum atomic E-state index is -0.654. The molecule has 4 aliphatic rings. The molecule has 6 heteroatoms. The van der Waals surface area contributed by atoms with Gasteiger partial charge in [0, 0.05) is 4.87 Å². The second-order valence-corrected chi connectivity index (χ2v) is 7.26. The average molecular weight is 287 g/mol. The summed E-state index contributed by atoms with van der Waals surface area (Å²) in [5.41, 5.74) is 4.36. The molecule has 4 aliphatic carbocycles. The van der Waals surface area contributed by atoms with Gasteiger partial charge >= 0.3 is 6.09 Å². The number of hydrogen-bond acceptors (Lipinski definition) is 3. The van der Waals surface area contributed by atoms with Gasteiger partial charge in [-0.05, 0) is 50.4 Å². The van der Waals surface area contributed by atoms with Crippen molar-refractivity contribution in [3.63, 3.8) is 0 Å². The van der Waals surface area contributed by atoms with E-state index in [2.05, 4.69) is 15.6 Å². The molecule has 19 heavy (non-hydrogen) atoms. The molecule has 2 amide bonds. The van der Waals surface area contributed by atoms with Crippen LogP contribution in [0, 0.1) is 17.3 Å². The van der Waals surface area contributed by atoms with Crippen molar-refractivity contribution in [2.24, 2.45) is 17.3 Å². The van der Waals surface area contributed by atoms with Gasteiger partial charge in [-0.15, -0.1) is 11.6 Å². The van der Waals surface area contributed by atoms with Crippen LogP contribution in [0.25, 0.3) is 0 Å². The molecule has 4 bridgehead atoms. The Morgan fingerprint density at radius 3 is 2.32 bits per heavy atom. The van der Waals surface area contributed by atoms with Crippen molar-refractivity contribution in [3.05, 3.63) is 0 Å². The fraction of sp³-hybridized carbons (Fsp3) is 0.846. The first-order valence-corrected chi connectivity index (χ1v) is 7.16. The standard InChI is InChI=1S/C13H19ClN2O3/c1-19-11(18)16-15-10(17)12-3-8-2-9(4-12)6-13(14,5-8)7-12/h8-9H,2-7H2,1H3,(H,15,17)(H,16,18). The average Bonchev–Trinajstić information content (AvgIpc) is 2.32.